The third-order valence-corrected chi connectivity index (χ3v) is 2.95. The summed E-state index contributed by atoms with van der Waals surface area (Å²) in [5, 5.41) is 3.41. The average Bonchev–Trinajstić information content (AvgIpc) is 3.09. The Hall–Kier alpha value is -1.10. The molecule has 1 aliphatic rings. The maximum absolute atomic E-state index is 5.85. The summed E-state index contributed by atoms with van der Waals surface area (Å²) in [6.07, 6.45) is 4.74. The zero-order valence-corrected chi connectivity index (χ0v) is 11.6. The number of ether oxygens (including phenoxy) is 1. The molecule has 0 bridgehead atoms. The molecule has 1 heterocycles. The minimum atomic E-state index is 0.164. The highest BCUT2D eigenvalue weighted by molar-refractivity contribution is 6.28. The van der Waals surface area contributed by atoms with E-state index in [0.717, 1.165) is 18.8 Å². The minimum Gasteiger partial charge on any atom is -0.463 e. The molecule has 0 saturated heterocycles. The number of hydrogen-bond donors (Lipinski definition) is 1. The second-order valence-electron chi connectivity index (χ2n) is 4.78. The second-order valence-corrected chi connectivity index (χ2v) is 5.12. The summed E-state index contributed by atoms with van der Waals surface area (Å²) >= 11 is 5.85. The van der Waals surface area contributed by atoms with Crippen LogP contribution in [0, 0.1) is 5.92 Å². The van der Waals surface area contributed by atoms with Crippen LogP contribution >= 0.6 is 11.6 Å². The largest absolute Gasteiger partial charge is 0.463 e. The fourth-order valence-corrected chi connectivity index (χ4v) is 1.94. The smallest absolute Gasteiger partial charge is 0.322 e. The van der Waals surface area contributed by atoms with Crippen LogP contribution in [-0.2, 0) is 0 Å². The summed E-state index contributed by atoms with van der Waals surface area (Å²) in [6.45, 7) is 4.74. The van der Waals surface area contributed by atoms with E-state index < -0.39 is 0 Å². The molecule has 1 aliphatic carbocycles. The first-order valence-corrected chi connectivity index (χ1v) is 6.86. The van der Waals surface area contributed by atoms with Gasteiger partial charge in [0.2, 0.25) is 11.2 Å². The van der Waals surface area contributed by atoms with E-state index in [0.29, 0.717) is 18.6 Å². The molecule has 1 unspecified atom stereocenters. The predicted molar refractivity (Wildman–Crippen MR) is 71.0 cm³/mol. The molecule has 0 spiro atoms. The molecule has 18 heavy (non-hydrogen) atoms. The first kappa shape index (κ1) is 13.3. The molecule has 1 aromatic rings. The third kappa shape index (κ3) is 4.29. The number of anilines is 1. The molecule has 0 aliphatic heterocycles. The molecule has 1 saturated carbocycles. The van der Waals surface area contributed by atoms with Crippen LogP contribution in [0.4, 0.5) is 5.95 Å². The molecule has 0 radical (unpaired) electrons. The zero-order valence-electron chi connectivity index (χ0n) is 10.8. The van der Waals surface area contributed by atoms with E-state index >= 15 is 0 Å². The molecular weight excluding hydrogens is 252 g/mol. The van der Waals surface area contributed by atoms with Gasteiger partial charge in [-0.05, 0) is 37.3 Å². The SMILES string of the molecule is CCCOc1nc(Cl)nc(NC(C)CC2CC2)n1. The van der Waals surface area contributed by atoms with Crippen molar-refractivity contribution in [2.75, 3.05) is 11.9 Å². The fourth-order valence-electron chi connectivity index (χ4n) is 1.79. The van der Waals surface area contributed by atoms with Crippen LogP contribution < -0.4 is 10.1 Å². The number of nitrogens with zero attached hydrogens (tertiary/aromatic N) is 3. The number of nitrogens with one attached hydrogen (secondary N) is 1. The topological polar surface area (TPSA) is 59.9 Å². The Morgan fingerprint density at radius 2 is 2.17 bits per heavy atom. The van der Waals surface area contributed by atoms with Crippen LogP contribution in [0.15, 0.2) is 0 Å². The van der Waals surface area contributed by atoms with Crippen molar-refractivity contribution >= 4 is 17.5 Å². The van der Waals surface area contributed by atoms with Crippen molar-refractivity contribution in [1.82, 2.24) is 15.0 Å². The second kappa shape index (κ2) is 6.18. The Balaban J connectivity index is 1.94. The molecule has 2 rings (SSSR count). The van der Waals surface area contributed by atoms with Crippen LogP contribution in [-0.4, -0.2) is 27.6 Å². The lowest BCUT2D eigenvalue weighted by Gasteiger charge is -2.13. The molecule has 0 aromatic carbocycles. The highest BCUT2D eigenvalue weighted by Crippen LogP contribution is 2.33. The first-order chi connectivity index (χ1) is 8.67. The van der Waals surface area contributed by atoms with E-state index in [1.54, 1.807) is 0 Å². The molecule has 5 nitrogen and oxygen atoms in total. The van der Waals surface area contributed by atoms with Gasteiger partial charge in [-0.1, -0.05) is 19.8 Å². The Morgan fingerprint density at radius 3 is 2.83 bits per heavy atom. The maximum Gasteiger partial charge on any atom is 0.322 e. The van der Waals surface area contributed by atoms with Crippen LogP contribution in [0.25, 0.3) is 0 Å². The van der Waals surface area contributed by atoms with E-state index in [4.69, 9.17) is 16.3 Å². The first-order valence-electron chi connectivity index (χ1n) is 6.48. The van der Waals surface area contributed by atoms with Crippen molar-refractivity contribution in [2.24, 2.45) is 5.92 Å². The molecule has 1 aromatic heterocycles. The summed E-state index contributed by atoms with van der Waals surface area (Å²) in [5.74, 6) is 1.36. The van der Waals surface area contributed by atoms with Crippen LogP contribution in [0.3, 0.4) is 0 Å². The van der Waals surface area contributed by atoms with Gasteiger partial charge < -0.3 is 10.1 Å². The maximum atomic E-state index is 5.85. The van der Waals surface area contributed by atoms with Crippen molar-refractivity contribution < 1.29 is 4.74 Å². The van der Waals surface area contributed by atoms with Crippen LogP contribution in [0.2, 0.25) is 5.28 Å². The lowest BCUT2D eigenvalue weighted by Crippen LogP contribution is -2.18. The minimum absolute atomic E-state index is 0.164. The van der Waals surface area contributed by atoms with E-state index in [2.05, 4.69) is 27.2 Å². The zero-order chi connectivity index (χ0) is 13.0. The van der Waals surface area contributed by atoms with Gasteiger partial charge in [0.1, 0.15) is 0 Å². The van der Waals surface area contributed by atoms with Gasteiger partial charge in [0.05, 0.1) is 6.61 Å². The van der Waals surface area contributed by atoms with E-state index in [9.17, 15) is 0 Å². The number of hydrogen-bond acceptors (Lipinski definition) is 5. The number of rotatable bonds is 7. The summed E-state index contributed by atoms with van der Waals surface area (Å²) in [4.78, 5) is 12.2. The molecule has 6 heteroatoms. The predicted octanol–water partition coefficient (Wildman–Crippen LogP) is 2.91. The molecule has 0 amide bonds. The Kier molecular flexibility index (Phi) is 4.58. The summed E-state index contributed by atoms with van der Waals surface area (Å²) in [7, 11) is 0. The van der Waals surface area contributed by atoms with Crippen molar-refractivity contribution in [3.8, 4) is 6.01 Å². The summed E-state index contributed by atoms with van der Waals surface area (Å²) in [6, 6.07) is 0.632. The van der Waals surface area contributed by atoms with Gasteiger partial charge in [-0.25, -0.2) is 0 Å². The Labute approximate surface area is 112 Å². The van der Waals surface area contributed by atoms with Gasteiger partial charge in [-0.3, -0.25) is 0 Å². The highest BCUT2D eigenvalue weighted by atomic mass is 35.5. The van der Waals surface area contributed by atoms with E-state index in [1.807, 2.05) is 6.92 Å². The highest BCUT2D eigenvalue weighted by Gasteiger charge is 2.23. The van der Waals surface area contributed by atoms with Crippen molar-refractivity contribution in [3.63, 3.8) is 0 Å². The molecule has 1 atom stereocenters. The average molecular weight is 271 g/mol. The quantitative estimate of drug-likeness (QED) is 0.825. The van der Waals surface area contributed by atoms with Crippen molar-refractivity contribution in [2.45, 2.75) is 45.6 Å². The lowest BCUT2D eigenvalue weighted by atomic mass is 10.2. The molecule has 100 valence electrons. The normalized spacial score (nSPS) is 16.4. The van der Waals surface area contributed by atoms with Crippen LogP contribution in [0.5, 0.6) is 6.01 Å². The van der Waals surface area contributed by atoms with Gasteiger partial charge in [0.25, 0.3) is 0 Å². The number of aromatic nitrogens is 3. The van der Waals surface area contributed by atoms with E-state index in [1.165, 1.54) is 12.8 Å². The standard InChI is InChI=1S/C12H19ClN4O/c1-3-6-18-12-16-10(13)15-11(17-12)14-8(2)7-9-4-5-9/h8-9H,3-7H2,1-2H3,(H,14,15,16,17). The van der Waals surface area contributed by atoms with Gasteiger partial charge in [0, 0.05) is 6.04 Å². The lowest BCUT2D eigenvalue weighted by molar-refractivity contribution is 0.291. The fraction of sp³-hybridized carbons (Fsp3) is 0.750. The van der Waals surface area contributed by atoms with E-state index in [-0.39, 0.29) is 11.3 Å². The van der Waals surface area contributed by atoms with Gasteiger partial charge in [-0.2, -0.15) is 15.0 Å². The monoisotopic (exact) mass is 270 g/mol. The molecule has 1 fully saturated rings. The van der Waals surface area contributed by atoms with Crippen molar-refractivity contribution in [3.05, 3.63) is 5.28 Å². The number of halogens is 1. The van der Waals surface area contributed by atoms with Gasteiger partial charge >= 0.3 is 6.01 Å². The summed E-state index contributed by atoms with van der Waals surface area (Å²) in [5.41, 5.74) is 0. The van der Waals surface area contributed by atoms with Crippen molar-refractivity contribution in [1.29, 1.82) is 0 Å². The molecular formula is C12H19ClN4O. The third-order valence-electron chi connectivity index (χ3n) is 2.78. The summed E-state index contributed by atoms with van der Waals surface area (Å²) < 4.78 is 5.36. The Morgan fingerprint density at radius 1 is 1.39 bits per heavy atom. The van der Waals surface area contributed by atoms with Crippen LogP contribution in [0.1, 0.15) is 39.5 Å². The Bertz CT molecular complexity index is 398. The molecule has 1 N–H and O–H groups in total. The van der Waals surface area contributed by atoms with Gasteiger partial charge in [-0.15, -0.1) is 0 Å². The van der Waals surface area contributed by atoms with Gasteiger partial charge in [0.15, 0.2) is 0 Å².